The Bertz CT molecular complexity index is 1250. The molecule has 0 amide bonds. The molecule has 1 aliphatic heterocycles. The highest BCUT2D eigenvalue weighted by Gasteiger charge is 2.17. The van der Waals surface area contributed by atoms with Crippen LogP contribution in [0.4, 0.5) is 5.82 Å². The van der Waals surface area contributed by atoms with Gasteiger partial charge in [0.15, 0.2) is 11.4 Å². The number of nitrogens with zero attached hydrogens (tertiary/aromatic N) is 5. The van der Waals surface area contributed by atoms with Crippen molar-refractivity contribution in [1.82, 2.24) is 19.6 Å². The van der Waals surface area contributed by atoms with Crippen molar-refractivity contribution in [3.8, 4) is 11.3 Å². The molecule has 0 unspecified atom stereocenters. The second kappa shape index (κ2) is 8.45. The number of aromatic nitrogens is 4. The fourth-order valence-electron chi connectivity index (χ4n) is 3.66. The Balaban J connectivity index is 1.41. The van der Waals surface area contributed by atoms with Crippen molar-refractivity contribution >= 4 is 28.8 Å². The fraction of sp³-hybridized carbons (Fsp3) is 0.217. The third kappa shape index (κ3) is 4.02. The van der Waals surface area contributed by atoms with E-state index in [4.69, 9.17) is 16.3 Å². The predicted octanol–water partition coefficient (Wildman–Crippen LogP) is 3.71. The number of Topliss-reactive ketones (excluding diaryl/α,β-unsaturated/α-hetero) is 1. The first-order valence-electron chi connectivity index (χ1n) is 10.1. The Hall–Kier alpha value is -3.29. The standard InChI is InChI=1S/C23H20ClN5O2/c24-18-6-2-1-5-17(18)20-15-25-22-9-8-19(27-29(20)22)21(30)14-16-4-3-7-23(26-16)28-10-12-31-13-11-28/h1-9,15H,10-14H2. The van der Waals surface area contributed by atoms with Crippen LogP contribution in [0.1, 0.15) is 16.2 Å². The minimum atomic E-state index is -0.104. The van der Waals surface area contributed by atoms with E-state index in [1.165, 1.54) is 0 Å². The van der Waals surface area contributed by atoms with Crippen molar-refractivity contribution in [3.63, 3.8) is 0 Å². The van der Waals surface area contributed by atoms with Crippen LogP contribution in [-0.2, 0) is 11.2 Å². The molecule has 7 nitrogen and oxygen atoms in total. The minimum absolute atomic E-state index is 0.104. The average molecular weight is 434 g/mol. The molecule has 156 valence electrons. The Morgan fingerprint density at radius 1 is 1.03 bits per heavy atom. The van der Waals surface area contributed by atoms with E-state index in [0.29, 0.717) is 35.3 Å². The molecule has 0 bridgehead atoms. The molecule has 1 fully saturated rings. The summed E-state index contributed by atoms with van der Waals surface area (Å²) in [5.41, 5.74) is 3.28. The zero-order valence-corrected chi connectivity index (χ0v) is 17.5. The summed E-state index contributed by atoms with van der Waals surface area (Å²) in [6.45, 7) is 2.98. The molecular formula is C23H20ClN5O2. The van der Waals surface area contributed by atoms with Gasteiger partial charge in [-0.05, 0) is 30.3 Å². The van der Waals surface area contributed by atoms with E-state index in [1.54, 1.807) is 22.8 Å². The number of carbonyl (C=O) groups is 1. The van der Waals surface area contributed by atoms with Crippen LogP contribution in [0.15, 0.2) is 60.8 Å². The maximum Gasteiger partial charge on any atom is 0.188 e. The van der Waals surface area contributed by atoms with Crippen LogP contribution in [0.3, 0.4) is 0 Å². The molecule has 0 aliphatic carbocycles. The average Bonchev–Trinajstić information content (AvgIpc) is 3.23. The van der Waals surface area contributed by atoms with E-state index < -0.39 is 0 Å². The van der Waals surface area contributed by atoms with E-state index >= 15 is 0 Å². The van der Waals surface area contributed by atoms with Crippen LogP contribution >= 0.6 is 11.6 Å². The lowest BCUT2D eigenvalue weighted by Crippen LogP contribution is -2.36. The number of pyridine rings is 1. The fourth-order valence-corrected chi connectivity index (χ4v) is 3.90. The number of ether oxygens (including phenoxy) is 1. The number of carbonyl (C=O) groups excluding carboxylic acids is 1. The van der Waals surface area contributed by atoms with E-state index in [1.807, 2.05) is 42.5 Å². The summed E-state index contributed by atoms with van der Waals surface area (Å²) in [4.78, 5) is 24.2. The summed E-state index contributed by atoms with van der Waals surface area (Å²) in [5.74, 6) is 0.764. The summed E-state index contributed by atoms with van der Waals surface area (Å²) in [7, 11) is 0. The monoisotopic (exact) mass is 433 g/mol. The minimum Gasteiger partial charge on any atom is -0.378 e. The number of morpholine rings is 1. The molecule has 1 aromatic carbocycles. The zero-order valence-electron chi connectivity index (χ0n) is 16.7. The van der Waals surface area contributed by atoms with Crippen LogP contribution in [0, 0.1) is 0 Å². The van der Waals surface area contributed by atoms with Crippen molar-refractivity contribution in [2.24, 2.45) is 0 Å². The number of rotatable bonds is 5. The van der Waals surface area contributed by atoms with Crippen LogP contribution in [0.5, 0.6) is 0 Å². The molecule has 4 aromatic rings. The second-order valence-electron chi connectivity index (χ2n) is 7.30. The van der Waals surface area contributed by atoms with Gasteiger partial charge in [-0.1, -0.05) is 35.9 Å². The molecule has 3 aromatic heterocycles. The number of imidazole rings is 1. The second-order valence-corrected chi connectivity index (χ2v) is 7.71. The molecule has 0 atom stereocenters. The van der Waals surface area contributed by atoms with Crippen molar-refractivity contribution in [2.45, 2.75) is 6.42 Å². The number of fused-ring (bicyclic) bond motifs is 1. The molecule has 0 saturated carbocycles. The van der Waals surface area contributed by atoms with Gasteiger partial charge in [-0.25, -0.2) is 14.5 Å². The molecule has 0 N–H and O–H groups in total. The SMILES string of the molecule is O=C(Cc1cccc(N2CCOCC2)n1)c1ccc2ncc(-c3ccccc3Cl)n2n1. The highest BCUT2D eigenvalue weighted by Crippen LogP contribution is 2.27. The van der Waals surface area contributed by atoms with Gasteiger partial charge in [-0.15, -0.1) is 0 Å². The van der Waals surface area contributed by atoms with Gasteiger partial charge in [0.25, 0.3) is 0 Å². The number of hydrogen-bond donors (Lipinski definition) is 0. The number of anilines is 1. The van der Waals surface area contributed by atoms with Crippen molar-refractivity contribution in [1.29, 1.82) is 0 Å². The summed E-state index contributed by atoms with van der Waals surface area (Å²) >= 11 is 6.35. The number of ketones is 1. The van der Waals surface area contributed by atoms with Gasteiger partial charge in [0.1, 0.15) is 11.5 Å². The van der Waals surface area contributed by atoms with Crippen molar-refractivity contribution < 1.29 is 9.53 Å². The Morgan fingerprint density at radius 3 is 2.71 bits per heavy atom. The van der Waals surface area contributed by atoms with Crippen LogP contribution in [-0.4, -0.2) is 51.7 Å². The number of hydrogen-bond acceptors (Lipinski definition) is 6. The third-order valence-corrected chi connectivity index (χ3v) is 5.60. The van der Waals surface area contributed by atoms with E-state index in [9.17, 15) is 4.79 Å². The Kier molecular flexibility index (Phi) is 5.36. The maximum absolute atomic E-state index is 13.0. The molecule has 0 radical (unpaired) electrons. The zero-order chi connectivity index (χ0) is 21.2. The lowest BCUT2D eigenvalue weighted by atomic mass is 10.1. The van der Waals surface area contributed by atoms with Crippen LogP contribution < -0.4 is 4.90 Å². The normalized spacial score (nSPS) is 14.2. The van der Waals surface area contributed by atoms with Crippen molar-refractivity contribution in [3.05, 3.63) is 77.2 Å². The topological polar surface area (TPSA) is 72.6 Å². The Morgan fingerprint density at radius 2 is 1.87 bits per heavy atom. The van der Waals surface area contributed by atoms with E-state index in [2.05, 4.69) is 20.0 Å². The maximum atomic E-state index is 13.0. The lowest BCUT2D eigenvalue weighted by molar-refractivity contribution is 0.0985. The van der Waals surface area contributed by atoms with E-state index in [-0.39, 0.29) is 12.2 Å². The van der Waals surface area contributed by atoms with Gasteiger partial charge >= 0.3 is 0 Å². The summed E-state index contributed by atoms with van der Waals surface area (Å²) in [6.07, 6.45) is 1.89. The van der Waals surface area contributed by atoms with Gasteiger partial charge in [0.2, 0.25) is 0 Å². The van der Waals surface area contributed by atoms with Crippen LogP contribution in [0.2, 0.25) is 5.02 Å². The molecule has 1 aliphatic rings. The third-order valence-electron chi connectivity index (χ3n) is 5.27. The molecule has 5 rings (SSSR count). The van der Waals surface area contributed by atoms with Gasteiger partial charge in [-0.3, -0.25) is 4.79 Å². The van der Waals surface area contributed by atoms with Gasteiger partial charge in [-0.2, -0.15) is 5.10 Å². The van der Waals surface area contributed by atoms with Gasteiger partial charge in [0.05, 0.1) is 42.2 Å². The summed E-state index contributed by atoms with van der Waals surface area (Å²) < 4.78 is 7.06. The predicted molar refractivity (Wildman–Crippen MR) is 119 cm³/mol. The smallest absolute Gasteiger partial charge is 0.188 e. The largest absolute Gasteiger partial charge is 0.378 e. The first-order chi connectivity index (χ1) is 15.2. The van der Waals surface area contributed by atoms with Crippen molar-refractivity contribution in [2.75, 3.05) is 31.2 Å². The number of benzene rings is 1. The van der Waals surface area contributed by atoms with Crippen LogP contribution in [0.25, 0.3) is 16.9 Å². The molecule has 0 spiro atoms. The highest BCUT2D eigenvalue weighted by atomic mass is 35.5. The lowest BCUT2D eigenvalue weighted by Gasteiger charge is -2.28. The molecule has 31 heavy (non-hydrogen) atoms. The Labute approximate surface area is 184 Å². The molecule has 8 heteroatoms. The first kappa shape index (κ1) is 19.7. The molecule has 1 saturated heterocycles. The van der Waals surface area contributed by atoms with Gasteiger partial charge in [0, 0.05) is 18.7 Å². The molecular weight excluding hydrogens is 414 g/mol. The first-order valence-corrected chi connectivity index (χ1v) is 10.5. The summed E-state index contributed by atoms with van der Waals surface area (Å²) in [5, 5.41) is 5.16. The van der Waals surface area contributed by atoms with E-state index in [0.717, 1.165) is 30.2 Å². The quantitative estimate of drug-likeness (QED) is 0.447. The highest BCUT2D eigenvalue weighted by molar-refractivity contribution is 6.33. The molecule has 4 heterocycles. The number of halogens is 1. The van der Waals surface area contributed by atoms with Gasteiger partial charge < -0.3 is 9.64 Å². The summed E-state index contributed by atoms with van der Waals surface area (Å²) in [6, 6.07) is 16.8.